The first kappa shape index (κ1) is 27.6. The summed E-state index contributed by atoms with van der Waals surface area (Å²) in [6.45, 7) is 0.630. The summed E-state index contributed by atoms with van der Waals surface area (Å²) in [5, 5.41) is 6.66. The molecule has 0 saturated heterocycles. The van der Waals surface area contributed by atoms with Crippen molar-refractivity contribution in [3.8, 4) is 5.75 Å². The van der Waals surface area contributed by atoms with Gasteiger partial charge in [0.2, 0.25) is 5.91 Å². The molecule has 40 heavy (non-hydrogen) atoms. The molecule has 0 radical (unpaired) electrons. The van der Waals surface area contributed by atoms with Crippen LogP contribution >= 0.6 is 15.9 Å². The van der Waals surface area contributed by atoms with Crippen LogP contribution in [0.5, 0.6) is 5.75 Å². The van der Waals surface area contributed by atoms with Crippen LogP contribution in [0.15, 0.2) is 107 Å². The number of amides is 1. The van der Waals surface area contributed by atoms with Gasteiger partial charge in [-0.05, 0) is 70.1 Å². The molecule has 0 unspecified atom stereocenters. The quantitative estimate of drug-likeness (QED) is 0.211. The number of hydrogen-bond donors (Lipinski definition) is 1. The predicted octanol–water partition coefficient (Wildman–Crippen LogP) is 5.88. The molecule has 4 aromatic carbocycles. The van der Waals surface area contributed by atoms with E-state index in [-0.39, 0.29) is 17.1 Å². The molecule has 5 rings (SSSR count). The molecular weight excluding hydrogens is 590 g/mol. The Morgan fingerprint density at radius 1 is 0.925 bits per heavy atom. The summed E-state index contributed by atoms with van der Waals surface area (Å²) in [7, 11) is -2.72. The Hall–Kier alpha value is -3.95. The zero-order valence-corrected chi connectivity index (χ0v) is 24.3. The second kappa shape index (κ2) is 12.1. The first-order valence-corrected chi connectivity index (χ1v) is 15.0. The highest BCUT2D eigenvalue weighted by molar-refractivity contribution is 9.10. The second-order valence-corrected chi connectivity index (χ2v) is 12.1. The maximum Gasteiger partial charge on any atom is 0.267 e. The largest absolute Gasteiger partial charge is 0.495 e. The zero-order chi connectivity index (χ0) is 28.1. The molecule has 1 aromatic heterocycles. The number of rotatable bonds is 10. The number of aromatic nitrogens is 2. The average molecular weight is 619 g/mol. The van der Waals surface area contributed by atoms with Crippen LogP contribution in [0.4, 0.5) is 0 Å². The SMILES string of the molecule is COc1ccc(Br)cc1S(=O)(=O)NC(=O)CCc1ccc(Cn2cccn2)cc1Cc1ccc2ccccc2c1. The second-order valence-electron chi connectivity index (χ2n) is 9.49. The van der Waals surface area contributed by atoms with Gasteiger partial charge in [-0.1, -0.05) is 76.6 Å². The van der Waals surface area contributed by atoms with Crippen LogP contribution in [0.25, 0.3) is 10.8 Å². The molecule has 1 heterocycles. The molecule has 0 saturated carbocycles. The minimum absolute atomic E-state index is 0.0127. The van der Waals surface area contributed by atoms with E-state index >= 15 is 0 Å². The van der Waals surface area contributed by atoms with Crippen LogP contribution in [0.2, 0.25) is 0 Å². The lowest BCUT2D eigenvalue weighted by molar-refractivity contribution is -0.119. The summed E-state index contributed by atoms with van der Waals surface area (Å²) < 4.78 is 35.7. The van der Waals surface area contributed by atoms with Crippen molar-refractivity contribution >= 4 is 42.6 Å². The van der Waals surface area contributed by atoms with Gasteiger partial charge in [-0.3, -0.25) is 9.48 Å². The van der Waals surface area contributed by atoms with Crippen molar-refractivity contribution in [1.82, 2.24) is 14.5 Å². The highest BCUT2D eigenvalue weighted by atomic mass is 79.9. The summed E-state index contributed by atoms with van der Waals surface area (Å²) in [6, 6.07) is 27.4. The standard InChI is InChI=1S/C31H28BrN3O4S/c1-39-29-13-12-28(32)20-30(29)40(37,38)34-31(36)14-11-25-10-8-23(21-35-16-4-15-33-35)19-27(25)18-22-7-9-24-5-2-3-6-26(24)17-22/h2-10,12-13,15-17,19-20H,11,14,18,21H2,1H3,(H,34,36). The first-order chi connectivity index (χ1) is 19.3. The Bertz CT molecular complexity index is 1770. The summed E-state index contributed by atoms with van der Waals surface area (Å²) >= 11 is 3.28. The van der Waals surface area contributed by atoms with E-state index in [0.717, 1.165) is 22.3 Å². The molecular formula is C31H28BrN3O4S. The summed E-state index contributed by atoms with van der Waals surface area (Å²) in [6.07, 6.45) is 4.76. The number of aryl methyl sites for hydroxylation is 1. The van der Waals surface area contributed by atoms with Crippen LogP contribution in [-0.2, 0) is 34.2 Å². The number of sulfonamides is 1. The van der Waals surface area contributed by atoms with E-state index in [2.05, 4.69) is 62.1 Å². The summed E-state index contributed by atoms with van der Waals surface area (Å²) in [4.78, 5) is 12.7. The first-order valence-electron chi connectivity index (χ1n) is 12.8. The van der Waals surface area contributed by atoms with Gasteiger partial charge in [0.05, 0.1) is 13.7 Å². The Labute approximate surface area is 242 Å². The third kappa shape index (κ3) is 6.60. The maximum atomic E-state index is 13.0. The van der Waals surface area contributed by atoms with Gasteiger partial charge in [-0.25, -0.2) is 13.1 Å². The number of nitrogens with zero attached hydrogens (tertiary/aromatic N) is 2. The highest BCUT2D eigenvalue weighted by Gasteiger charge is 2.22. The van der Waals surface area contributed by atoms with Crippen molar-refractivity contribution in [3.63, 3.8) is 0 Å². The van der Waals surface area contributed by atoms with Gasteiger partial charge >= 0.3 is 0 Å². The minimum atomic E-state index is -4.11. The molecule has 1 N–H and O–H groups in total. The van der Waals surface area contributed by atoms with E-state index in [9.17, 15) is 13.2 Å². The van der Waals surface area contributed by atoms with Crippen molar-refractivity contribution in [2.24, 2.45) is 0 Å². The Kier molecular flexibility index (Phi) is 8.32. The van der Waals surface area contributed by atoms with Gasteiger partial charge in [-0.2, -0.15) is 5.10 Å². The smallest absolute Gasteiger partial charge is 0.267 e. The third-order valence-corrected chi connectivity index (χ3v) is 8.56. The van der Waals surface area contributed by atoms with Gasteiger partial charge in [0.15, 0.2) is 0 Å². The number of benzene rings is 4. The molecule has 0 bridgehead atoms. The molecule has 0 aliphatic heterocycles. The van der Waals surface area contributed by atoms with Crippen LogP contribution in [0.1, 0.15) is 28.7 Å². The van der Waals surface area contributed by atoms with E-state index in [1.807, 2.05) is 41.2 Å². The maximum absolute atomic E-state index is 13.0. The molecule has 7 nitrogen and oxygen atoms in total. The molecule has 204 valence electrons. The minimum Gasteiger partial charge on any atom is -0.495 e. The lowest BCUT2D eigenvalue weighted by Gasteiger charge is -2.14. The van der Waals surface area contributed by atoms with Crippen LogP contribution in [-0.4, -0.2) is 31.2 Å². The zero-order valence-electron chi connectivity index (χ0n) is 21.9. The number of carbonyl (C=O) groups excluding carboxylic acids is 1. The number of methoxy groups -OCH3 is 1. The lowest BCUT2D eigenvalue weighted by Crippen LogP contribution is -2.31. The van der Waals surface area contributed by atoms with E-state index in [0.29, 0.717) is 23.9 Å². The monoisotopic (exact) mass is 617 g/mol. The third-order valence-electron chi connectivity index (χ3n) is 6.67. The number of hydrogen-bond acceptors (Lipinski definition) is 5. The molecule has 0 atom stereocenters. The molecule has 0 aliphatic rings. The number of carbonyl (C=O) groups is 1. The fourth-order valence-corrected chi connectivity index (χ4v) is 6.42. The van der Waals surface area contributed by atoms with Gasteiger partial charge in [0, 0.05) is 23.3 Å². The number of fused-ring (bicyclic) bond motifs is 1. The van der Waals surface area contributed by atoms with Crippen LogP contribution < -0.4 is 9.46 Å². The van der Waals surface area contributed by atoms with E-state index < -0.39 is 15.9 Å². The van der Waals surface area contributed by atoms with Crippen LogP contribution in [0, 0.1) is 0 Å². The molecule has 5 aromatic rings. The number of ether oxygens (including phenoxy) is 1. The fraction of sp³-hybridized carbons (Fsp3) is 0.161. The van der Waals surface area contributed by atoms with Gasteiger partial charge in [0.1, 0.15) is 10.6 Å². The highest BCUT2D eigenvalue weighted by Crippen LogP contribution is 2.27. The van der Waals surface area contributed by atoms with Gasteiger partial charge < -0.3 is 4.74 Å². The van der Waals surface area contributed by atoms with E-state index in [4.69, 9.17) is 4.74 Å². The normalized spacial score (nSPS) is 11.4. The fourth-order valence-electron chi connectivity index (χ4n) is 4.70. The Morgan fingerprint density at radius 3 is 2.50 bits per heavy atom. The topological polar surface area (TPSA) is 90.3 Å². The number of halogens is 1. The van der Waals surface area contributed by atoms with Gasteiger partial charge in [0.25, 0.3) is 10.0 Å². The number of nitrogens with one attached hydrogen (secondary N) is 1. The summed E-state index contributed by atoms with van der Waals surface area (Å²) in [5.74, 6) is -0.423. The Morgan fingerprint density at radius 2 is 1.73 bits per heavy atom. The van der Waals surface area contributed by atoms with Crippen molar-refractivity contribution < 1.29 is 17.9 Å². The van der Waals surface area contributed by atoms with E-state index in [1.165, 1.54) is 30.0 Å². The van der Waals surface area contributed by atoms with Crippen molar-refractivity contribution in [3.05, 3.63) is 124 Å². The average Bonchev–Trinajstić information content (AvgIpc) is 3.45. The van der Waals surface area contributed by atoms with E-state index in [1.54, 1.807) is 12.3 Å². The lowest BCUT2D eigenvalue weighted by atomic mass is 9.94. The molecule has 9 heteroatoms. The van der Waals surface area contributed by atoms with Crippen molar-refractivity contribution in [1.29, 1.82) is 0 Å². The van der Waals surface area contributed by atoms with Crippen LogP contribution in [0.3, 0.4) is 0 Å². The molecule has 0 spiro atoms. The van der Waals surface area contributed by atoms with Crippen molar-refractivity contribution in [2.45, 2.75) is 30.7 Å². The molecule has 0 aliphatic carbocycles. The van der Waals surface area contributed by atoms with Gasteiger partial charge in [-0.15, -0.1) is 0 Å². The molecule has 0 fully saturated rings. The summed E-state index contributed by atoms with van der Waals surface area (Å²) in [5.41, 5.74) is 4.33. The Balaban J connectivity index is 1.36. The molecule has 1 amide bonds. The predicted molar refractivity (Wildman–Crippen MR) is 159 cm³/mol. The van der Waals surface area contributed by atoms with Crippen molar-refractivity contribution in [2.75, 3.05) is 7.11 Å².